The van der Waals surface area contributed by atoms with Crippen molar-refractivity contribution in [2.24, 2.45) is 0 Å². The fourth-order valence-electron chi connectivity index (χ4n) is 4.07. The van der Waals surface area contributed by atoms with Crippen molar-refractivity contribution in [1.82, 2.24) is 23.7 Å². The second kappa shape index (κ2) is 8.10. The number of amides is 1. The largest absolute Gasteiger partial charge is 0.383 e. The molecular weight excluding hydrogens is 406 g/mol. The van der Waals surface area contributed by atoms with Crippen LogP contribution in [-0.4, -0.2) is 91.5 Å². The van der Waals surface area contributed by atoms with E-state index in [1.807, 2.05) is 14.1 Å². The van der Waals surface area contributed by atoms with E-state index < -0.39 is 10.0 Å². The molecule has 10 heteroatoms. The average Bonchev–Trinajstić information content (AvgIpc) is 3.36. The van der Waals surface area contributed by atoms with Gasteiger partial charge in [0.25, 0.3) is 5.91 Å². The number of likely N-dealkylation sites (tertiary alicyclic amines) is 1. The molecule has 0 unspecified atom stereocenters. The summed E-state index contributed by atoms with van der Waals surface area (Å²) in [5.41, 5.74) is 1.40. The van der Waals surface area contributed by atoms with Crippen LogP contribution in [0, 0.1) is 0 Å². The van der Waals surface area contributed by atoms with E-state index >= 15 is 0 Å². The van der Waals surface area contributed by atoms with Crippen molar-refractivity contribution in [2.45, 2.75) is 23.9 Å². The van der Waals surface area contributed by atoms with Crippen LogP contribution in [0.4, 0.5) is 0 Å². The van der Waals surface area contributed by atoms with Gasteiger partial charge in [0.15, 0.2) is 5.69 Å². The molecule has 1 atom stereocenters. The molecule has 1 amide bonds. The Balaban J connectivity index is 1.76. The van der Waals surface area contributed by atoms with E-state index in [9.17, 15) is 13.2 Å². The Morgan fingerprint density at radius 1 is 1.30 bits per heavy atom. The summed E-state index contributed by atoms with van der Waals surface area (Å²) in [5, 5.41) is 0. The number of hydrogen-bond donors (Lipinski definition) is 0. The lowest BCUT2D eigenvalue weighted by atomic mass is 10.2. The number of likely N-dealkylation sites (N-methyl/N-ethyl adjacent to an activating group) is 1. The molecule has 0 saturated carbocycles. The van der Waals surface area contributed by atoms with Gasteiger partial charge >= 0.3 is 0 Å². The predicted octanol–water partition coefficient (Wildman–Crippen LogP) is 0.799. The van der Waals surface area contributed by atoms with Gasteiger partial charge in [0, 0.05) is 32.8 Å². The number of fused-ring (bicyclic) bond motifs is 3. The number of hydrogen-bond acceptors (Lipinski definition) is 6. The van der Waals surface area contributed by atoms with Crippen molar-refractivity contribution < 1.29 is 17.9 Å². The molecule has 162 valence electrons. The smallest absolute Gasteiger partial charge is 0.274 e. The molecule has 0 bridgehead atoms. The van der Waals surface area contributed by atoms with E-state index in [0.29, 0.717) is 36.2 Å². The van der Waals surface area contributed by atoms with Gasteiger partial charge in [-0.25, -0.2) is 13.4 Å². The number of carbonyl (C=O) groups is 1. The quantitative estimate of drug-likeness (QED) is 0.693. The van der Waals surface area contributed by atoms with Gasteiger partial charge in [0.2, 0.25) is 10.0 Å². The van der Waals surface area contributed by atoms with Crippen molar-refractivity contribution >= 4 is 15.9 Å². The zero-order valence-electron chi connectivity index (χ0n) is 17.5. The van der Waals surface area contributed by atoms with Gasteiger partial charge in [0.05, 0.1) is 24.5 Å². The first kappa shape index (κ1) is 21.0. The Morgan fingerprint density at radius 2 is 2.07 bits per heavy atom. The molecule has 0 radical (unpaired) electrons. The first-order chi connectivity index (χ1) is 14.3. The zero-order chi connectivity index (χ0) is 21.5. The molecule has 1 saturated heterocycles. The van der Waals surface area contributed by atoms with E-state index in [4.69, 9.17) is 4.74 Å². The summed E-state index contributed by atoms with van der Waals surface area (Å²) in [6.45, 7) is 1.82. The third-order valence-electron chi connectivity index (χ3n) is 5.86. The second-order valence-electron chi connectivity index (χ2n) is 7.87. The molecular formula is C20H27N5O4S. The lowest BCUT2D eigenvalue weighted by Crippen LogP contribution is -2.36. The lowest BCUT2D eigenvalue weighted by molar-refractivity contribution is 0.0775. The number of carbonyl (C=O) groups excluding carboxylic acids is 1. The summed E-state index contributed by atoms with van der Waals surface area (Å²) in [4.78, 5) is 21.8. The Bertz CT molecular complexity index is 1050. The molecule has 0 aliphatic carbocycles. The third-order valence-corrected chi connectivity index (χ3v) is 7.76. The van der Waals surface area contributed by atoms with Gasteiger partial charge in [-0.15, -0.1) is 0 Å². The second-order valence-corrected chi connectivity index (χ2v) is 9.77. The van der Waals surface area contributed by atoms with Crippen LogP contribution in [0.1, 0.15) is 22.6 Å². The summed E-state index contributed by atoms with van der Waals surface area (Å²) in [6, 6.07) is 7.12. The highest BCUT2D eigenvalue weighted by atomic mass is 32.2. The number of ether oxygens (including phenoxy) is 1. The fourth-order valence-corrected chi connectivity index (χ4v) is 5.63. The van der Waals surface area contributed by atoms with Crippen molar-refractivity contribution in [3.63, 3.8) is 0 Å². The van der Waals surface area contributed by atoms with Crippen LogP contribution < -0.4 is 0 Å². The topological polar surface area (TPSA) is 88.0 Å². The minimum atomic E-state index is -3.74. The first-order valence-corrected chi connectivity index (χ1v) is 11.4. The molecule has 1 aromatic heterocycles. The Labute approximate surface area is 176 Å². The van der Waals surface area contributed by atoms with Gasteiger partial charge in [-0.3, -0.25) is 9.36 Å². The van der Waals surface area contributed by atoms with Crippen molar-refractivity contribution in [2.75, 3.05) is 47.4 Å². The van der Waals surface area contributed by atoms with Crippen LogP contribution in [-0.2, 0) is 21.3 Å². The number of nitrogens with zero attached hydrogens (tertiary/aromatic N) is 5. The molecule has 2 aliphatic heterocycles. The van der Waals surface area contributed by atoms with E-state index in [0.717, 1.165) is 6.42 Å². The standard InChI is InChI=1S/C20H27N5O4S/c1-22(2)15-8-9-23(12-15)20(26)19-17-13-24(10-11-29-3)30(27,28)18-7-5-4-6-16(18)25(17)14-21-19/h4-7,14-15H,8-13H2,1-3H3/t15-/m0/s1. The monoisotopic (exact) mass is 433 g/mol. The molecule has 30 heavy (non-hydrogen) atoms. The highest BCUT2D eigenvalue weighted by molar-refractivity contribution is 7.89. The minimum Gasteiger partial charge on any atom is -0.383 e. The Morgan fingerprint density at radius 3 is 2.77 bits per heavy atom. The molecule has 3 heterocycles. The van der Waals surface area contributed by atoms with Gasteiger partial charge in [-0.2, -0.15) is 4.31 Å². The van der Waals surface area contributed by atoms with Crippen LogP contribution in [0.3, 0.4) is 0 Å². The van der Waals surface area contributed by atoms with Crippen molar-refractivity contribution in [3.05, 3.63) is 42.0 Å². The summed E-state index contributed by atoms with van der Waals surface area (Å²) >= 11 is 0. The number of sulfonamides is 1. The van der Waals surface area contributed by atoms with Gasteiger partial charge < -0.3 is 14.5 Å². The SMILES string of the molecule is COCCN1Cc2c(C(=O)N3CC[C@H](N(C)C)C3)ncn2-c2ccccc2S1(=O)=O. The first-order valence-electron chi connectivity index (χ1n) is 9.95. The Kier molecular flexibility index (Phi) is 5.67. The van der Waals surface area contributed by atoms with Gasteiger partial charge in [-0.05, 0) is 32.6 Å². The summed E-state index contributed by atoms with van der Waals surface area (Å²) in [6.07, 6.45) is 2.46. The normalized spacial score (nSPS) is 20.8. The maximum absolute atomic E-state index is 13.3. The Hall–Kier alpha value is -2.27. The number of methoxy groups -OCH3 is 1. The summed E-state index contributed by atoms with van der Waals surface area (Å²) in [7, 11) is 1.82. The highest BCUT2D eigenvalue weighted by Gasteiger charge is 2.36. The number of rotatable bonds is 5. The molecule has 0 spiro atoms. The number of aromatic nitrogens is 2. The summed E-state index contributed by atoms with van der Waals surface area (Å²) < 4.78 is 34.8. The van der Waals surface area contributed by atoms with Gasteiger partial charge in [0.1, 0.15) is 11.2 Å². The maximum atomic E-state index is 13.3. The van der Waals surface area contributed by atoms with Crippen molar-refractivity contribution in [1.29, 1.82) is 0 Å². The maximum Gasteiger partial charge on any atom is 0.274 e. The average molecular weight is 434 g/mol. The van der Waals surface area contributed by atoms with Crippen LogP contribution in [0.15, 0.2) is 35.5 Å². The van der Waals surface area contributed by atoms with Crippen molar-refractivity contribution in [3.8, 4) is 5.69 Å². The van der Waals surface area contributed by atoms with E-state index in [2.05, 4.69) is 9.88 Å². The van der Waals surface area contributed by atoms with E-state index in [1.165, 1.54) is 11.4 Å². The van der Waals surface area contributed by atoms with E-state index in [-0.39, 0.29) is 30.5 Å². The molecule has 4 rings (SSSR count). The zero-order valence-corrected chi connectivity index (χ0v) is 18.3. The minimum absolute atomic E-state index is 0.0619. The molecule has 2 aromatic rings. The molecule has 9 nitrogen and oxygen atoms in total. The molecule has 0 N–H and O–H groups in total. The van der Waals surface area contributed by atoms with E-state index in [1.54, 1.807) is 40.1 Å². The fraction of sp³-hybridized carbons (Fsp3) is 0.500. The molecule has 1 fully saturated rings. The third kappa shape index (κ3) is 3.53. The highest BCUT2D eigenvalue weighted by Crippen LogP contribution is 2.31. The number of benzene rings is 1. The van der Waals surface area contributed by atoms with Crippen LogP contribution in [0.25, 0.3) is 5.69 Å². The van der Waals surface area contributed by atoms with Crippen LogP contribution >= 0.6 is 0 Å². The molecule has 2 aliphatic rings. The van der Waals surface area contributed by atoms with Gasteiger partial charge in [-0.1, -0.05) is 12.1 Å². The van der Waals surface area contributed by atoms with Crippen LogP contribution in [0.5, 0.6) is 0 Å². The number of para-hydroxylation sites is 1. The molecule has 1 aromatic carbocycles. The lowest BCUT2D eigenvalue weighted by Gasteiger charge is -2.21. The number of imidazole rings is 1. The van der Waals surface area contributed by atoms with Crippen LogP contribution in [0.2, 0.25) is 0 Å². The summed E-state index contributed by atoms with van der Waals surface area (Å²) in [5.74, 6) is -0.156. The predicted molar refractivity (Wildman–Crippen MR) is 111 cm³/mol.